The molecule has 0 aromatic heterocycles. The van der Waals surface area contributed by atoms with Crippen LogP contribution in [0.3, 0.4) is 0 Å². The fraction of sp³-hybridized carbons (Fsp3) is 0.125. The first-order chi connectivity index (χ1) is 9.72. The van der Waals surface area contributed by atoms with Crippen LogP contribution in [0.15, 0.2) is 36.4 Å². The van der Waals surface area contributed by atoms with Gasteiger partial charge in [0.1, 0.15) is 0 Å². The molecule has 4 heteroatoms. The summed E-state index contributed by atoms with van der Waals surface area (Å²) in [5.41, 5.74) is 1.83. The molecule has 0 spiro atoms. The molecule has 3 rings (SSSR count). The lowest BCUT2D eigenvalue weighted by molar-refractivity contribution is 0.0391. The molecule has 0 bridgehead atoms. The molecule has 0 atom stereocenters. The van der Waals surface area contributed by atoms with E-state index in [1.807, 2.05) is 24.3 Å². The lowest BCUT2D eigenvalue weighted by Crippen LogP contribution is -2.19. The average molecular weight is 287 g/mol. The number of alkyl halides is 1. The van der Waals surface area contributed by atoms with Crippen LogP contribution in [0.2, 0.25) is 0 Å². The van der Waals surface area contributed by atoms with Crippen molar-refractivity contribution < 1.29 is 14.3 Å². The van der Waals surface area contributed by atoms with Gasteiger partial charge in [0.2, 0.25) is 0 Å². The Hall–Kier alpha value is -2.13. The van der Waals surface area contributed by atoms with Crippen LogP contribution >= 0.6 is 11.6 Å². The maximum Gasteiger partial charge on any atom is 0.346 e. The summed E-state index contributed by atoms with van der Waals surface area (Å²) in [6.45, 7) is 0. The zero-order valence-corrected chi connectivity index (χ0v) is 11.3. The van der Waals surface area contributed by atoms with E-state index in [-0.39, 0.29) is 0 Å². The van der Waals surface area contributed by atoms with Gasteiger partial charge < -0.3 is 4.74 Å². The predicted molar refractivity (Wildman–Crippen MR) is 78.1 cm³/mol. The lowest BCUT2D eigenvalue weighted by Gasteiger charge is -2.16. The second kappa shape index (κ2) is 5.10. The van der Waals surface area contributed by atoms with Crippen LogP contribution < -0.4 is 0 Å². The zero-order valence-electron chi connectivity index (χ0n) is 10.6. The number of rotatable bonds is 3. The predicted octanol–water partition coefficient (Wildman–Crippen LogP) is 3.79. The number of halogens is 1. The number of benzene rings is 2. The quantitative estimate of drug-likeness (QED) is 0.490. The number of allylic oxidation sites excluding steroid dienone is 1. The molecule has 0 fully saturated rings. The molecule has 0 aliphatic carbocycles. The third kappa shape index (κ3) is 2.00. The highest BCUT2D eigenvalue weighted by molar-refractivity contribution is 6.21. The van der Waals surface area contributed by atoms with Crippen molar-refractivity contribution >= 4 is 40.4 Å². The molecule has 1 aliphatic rings. The number of ether oxygens (including phenoxy) is 1. The second-order valence-corrected chi connectivity index (χ2v) is 4.87. The summed E-state index contributed by atoms with van der Waals surface area (Å²) in [5.74, 6) is -0.618. The molecule has 0 amide bonds. The highest BCUT2D eigenvalue weighted by Crippen LogP contribution is 2.31. The molecule has 1 aliphatic heterocycles. The van der Waals surface area contributed by atoms with E-state index in [2.05, 4.69) is 0 Å². The fourth-order valence-electron chi connectivity index (χ4n) is 2.38. The monoisotopic (exact) mass is 286 g/mol. The smallest absolute Gasteiger partial charge is 0.346 e. The van der Waals surface area contributed by atoms with Crippen LogP contribution in [0.5, 0.6) is 0 Å². The van der Waals surface area contributed by atoms with Gasteiger partial charge in [-0.2, -0.15) is 0 Å². The number of esters is 2. The molecule has 0 N–H and O–H groups in total. The molecule has 2 aromatic rings. The van der Waals surface area contributed by atoms with Crippen LogP contribution in [0.4, 0.5) is 0 Å². The van der Waals surface area contributed by atoms with Gasteiger partial charge in [-0.25, -0.2) is 9.59 Å². The Kier molecular flexibility index (Phi) is 3.28. The molecule has 2 aromatic carbocycles. The fourth-order valence-corrected chi connectivity index (χ4v) is 2.51. The Bertz CT molecular complexity index is 726. The minimum atomic E-state index is -0.588. The van der Waals surface area contributed by atoms with Crippen LogP contribution in [-0.4, -0.2) is 17.8 Å². The molecule has 0 unspecified atom stereocenters. The lowest BCUT2D eigenvalue weighted by atomic mass is 9.93. The topological polar surface area (TPSA) is 43.4 Å². The van der Waals surface area contributed by atoms with Crippen LogP contribution in [0.1, 0.15) is 32.7 Å². The standard InChI is InChI=1S/C16H11ClO3/c17-9-2-1-4-10-7-8-13-14-11(10)5-3-6-12(14)15(18)20-16(13)19/h1,3-8H,2,9H2. The number of carbonyl (C=O) groups is 2. The second-order valence-electron chi connectivity index (χ2n) is 4.49. The molecule has 0 saturated carbocycles. The van der Waals surface area contributed by atoms with Crippen LogP contribution in [-0.2, 0) is 4.74 Å². The Labute approximate surface area is 120 Å². The third-order valence-corrected chi connectivity index (χ3v) is 3.49. The number of cyclic esters (lactones) is 2. The summed E-state index contributed by atoms with van der Waals surface area (Å²) in [5, 5.41) is 1.54. The van der Waals surface area contributed by atoms with Crippen LogP contribution in [0, 0.1) is 0 Å². The number of hydrogen-bond acceptors (Lipinski definition) is 3. The summed E-state index contributed by atoms with van der Waals surface area (Å²) < 4.78 is 4.73. The van der Waals surface area contributed by atoms with E-state index < -0.39 is 11.9 Å². The first-order valence-electron chi connectivity index (χ1n) is 6.27. The Morgan fingerprint density at radius 2 is 1.80 bits per heavy atom. The maximum absolute atomic E-state index is 11.8. The minimum Gasteiger partial charge on any atom is -0.386 e. The van der Waals surface area contributed by atoms with Crippen molar-refractivity contribution in [1.29, 1.82) is 0 Å². The summed E-state index contributed by atoms with van der Waals surface area (Å²) in [6, 6.07) is 8.91. The maximum atomic E-state index is 11.8. The van der Waals surface area contributed by atoms with Gasteiger partial charge in [0.15, 0.2) is 0 Å². The normalized spacial score (nSPS) is 14.1. The first-order valence-corrected chi connectivity index (χ1v) is 6.80. The van der Waals surface area contributed by atoms with E-state index in [1.165, 1.54) is 0 Å². The Balaban J connectivity index is 2.26. The number of carbonyl (C=O) groups excluding carboxylic acids is 2. The molecule has 0 saturated heterocycles. The Morgan fingerprint density at radius 1 is 1.05 bits per heavy atom. The van der Waals surface area contributed by atoms with Crippen molar-refractivity contribution in [1.82, 2.24) is 0 Å². The van der Waals surface area contributed by atoms with E-state index in [0.717, 1.165) is 17.4 Å². The highest BCUT2D eigenvalue weighted by atomic mass is 35.5. The first kappa shape index (κ1) is 12.9. The van der Waals surface area contributed by atoms with Crippen molar-refractivity contribution in [2.75, 3.05) is 5.88 Å². The van der Waals surface area contributed by atoms with Gasteiger partial charge in [0.25, 0.3) is 0 Å². The van der Waals surface area contributed by atoms with Crippen molar-refractivity contribution in [2.45, 2.75) is 6.42 Å². The van der Waals surface area contributed by atoms with Crippen molar-refractivity contribution in [3.8, 4) is 0 Å². The largest absolute Gasteiger partial charge is 0.386 e. The van der Waals surface area contributed by atoms with Crippen molar-refractivity contribution in [2.24, 2.45) is 0 Å². The number of hydrogen-bond donors (Lipinski definition) is 0. The molecule has 1 heterocycles. The van der Waals surface area contributed by atoms with Gasteiger partial charge in [-0.15, -0.1) is 11.6 Å². The Morgan fingerprint density at radius 3 is 2.55 bits per heavy atom. The molecule has 20 heavy (non-hydrogen) atoms. The van der Waals surface area contributed by atoms with Gasteiger partial charge in [0, 0.05) is 11.3 Å². The van der Waals surface area contributed by atoms with E-state index in [9.17, 15) is 9.59 Å². The van der Waals surface area contributed by atoms with Crippen molar-refractivity contribution in [3.63, 3.8) is 0 Å². The summed E-state index contributed by atoms with van der Waals surface area (Å²) in [6.07, 6.45) is 4.70. The van der Waals surface area contributed by atoms with Gasteiger partial charge in [-0.1, -0.05) is 30.4 Å². The SMILES string of the molecule is O=C1OC(=O)c2ccc(C=CCCCl)c3cccc1c23. The molecular formula is C16H11ClO3. The molecular weight excluding hydrogens is 276 g/mol. The minimum absolute atomic E-state index is 0.435. The highest BCUT2D eigenvalue weighted by Gasteiger charge is 2.27. The van der Waals surface area contributed by atoms with Gasteiger partial charge in [-0.3, -0.25) is 0 Å². The van der Waals surface area contributed by atoms with E-state index in [4.69, 9.17) is 16.3 Å². The van der Waals surface area contributed by atoms with Gasteiger partial charge >= 0.3 is 11.9 Å². The van der Waals surface area contributed by atoms with E-state index >= 15 is 0 Å². The summed E-state index contributed by atoms with van der Waals surface area (Å²) in [4.78, 5) is 23.6. The van der Waals surface area contributed by atoms with Gasteiger partial charge in [-0.05, 0) is 29.5 Å². The average Bonchev–Trinajstić information content (AvgIpc) is 2.45. The molecule has 3 nitrogen and oxygen atoms in total. The molecule has 0 radical (unpaired) electrons. The van der Waals surface area contributed by atoms with Crippen molar-refractivity contribution in [3.05, 3.63) is 53.1 Å². The van der Waals surface area contributed by atoms with Crippen LogP contribution in [0.25, 0.3) is 16.8 Å². The van der Waals surface area contributed by atoms with E-state index in [1.54, 1.807) is 18.2 Å². The van der Waals surface area contributed by atoms with E-state index in [0.29, 0.717) is 22.4 Å². The summed E-state index contributed by atoms with van der Waals surface area (Å²) in [7, 11) is 0. The zero-order chi connectivity index (χ0) is 14.1. The summed E-state index contributed by atoms with van der Waals surface area (Å²) >= 11 is 5.65. The third-order valence-electron chi connectivity index (χ3n) is 3.27. The molecule has 100 valence electrons. The van der Waals surface area contributed by atoms with Gasteiger partial charge in [0.05, 0.1) is 11.1 Å².